The third-order valence-corrected chi connectivity index (χ3v) is 5.05. The number of carbonyl (C=O) groups excluding carboxylic acids is 1. The van der Waals surface area contributed by atoms with Gasteiger partial charge in [-0.2, -0.15) is 10.2 Å². The van der Waals surface area contributed by atoms with Crippen LogP contribution in [0.4, 0.5) is 0 Å². The number of aromatic amines is 2. The molecule has 1 aliphatic rings. The molecule has 1 fully saturated rings. The van der Waals surface area contributed by atoms with Crippen molar-refractivity contribution in [3.05, 3.63) is 52.5 Å². The van der Waals surface area contributed by atoms with Gasteiger partial charge in [0, 0.05) is 36.7 Å². The lowest BCUT2D eigenvalue weighted by Gasteiger charge is -2.31. The zero-order valence-corrected chi connectivity index (χ0v) is 15.1. The average molecular weight is 367 g/mol. The van der Waals surface area contributed by atoms with Crippen LogP contribution in [0, 0.1) is 0 Å². The van der Waals surface area contributed by atoms with Gasteiger partial charge in [-0.3, -0.25) is 14.5 Å². The molecule has 2 aromatic heterocycles. The maximum absolute atomic E-state index is 12.9. The van der Waals surface area contributed by atoms with E-state index in [1.54, 1.807) is 4.57 Å². The summed E-state index contributed by atoms with van der Waals surface area (Å²) in [5.74, 6) is 1.62. The topological polar surface area (TPSA) is 113 Å². The summed E-state index contributed by atoms with van der Waals surface area (Å²) < 4.78 is 1.67. The second-order valence-corrected chi connectivity index (χ2v) is 6.61. The molecule has 1 aliphatic heterocycles. The third kappa shape index (κ3) is 3.27. The molecule has 0 spiro atoms. The number of amides is 1. The van der Waals surface area contributed by atoms with Gasteiger partial charge in [0.15, 0.2) is 5.82 Å². The van der Waals surface area contributed by atoms with Gasteiger partial charge in [-0.15, -0.1) is 0 Å². The minimum absolute atomic E-state index is 0.00438. The largest absolute Gasteiger partial charge is 0.343 e. The summed E-state index contributed by atoms with van der Waals surface area (Å²) >= 11 is 0. The molecule has 27 heavy (non-hydrogen) atoms. The van der Waals surface area contributed by atoms with Crippen LogP contribution in [0.1, 0.15) is 41.9 Å². The van der Waals surface area contributed by atoms with E-state index >= 15 is 0 Å². The molecule has 2 N–H and O–H groups in total. The van der Waals surface area contributed by atoms with Crippen molar-refractivity contribution in [1.29, 1.82) is 0 Å². The molecule has 0 aliphatic carbocycles. The van der Waals surface area contributed by atoms with E-state index in [-0.39, 0.29) is 17.5 Å². The number of hydrogen-bond acceptors (Lipinski definition) is 5. The Labute approximate surface area is 155 Å². The lowest BCUT2D eigenvalue weighted by atomic mass is 9.95. The highest BCUT2D eigenvalue weighted by Gasteiger charge is 2.28. The number of rotatable bonds is 4. The maximum atomic E-state index is 12.9. The second-order valence-electron chi connectivity index (χ2n) is 6.61. The van der Waals surface area contributed by atoms with Crippen LogP contribution in [0.5, 0.6) is 0 Å². The van der Waals surface area contributed by atoms with Crippen molar-refractivity contribution in [2.24, 2.45) is 0 Å². The van der Waals surface area contributed by atoms with Gasteiger partial charge in [-0.1, -0.05) is 12.1 Å². The molecule has 1 saturated heterocycles. The lowest BCUT2D eigenvalue weighted by molar-refractivity contribution is 0.0710. The summed E-state index contributed by atoms with van der Waals surface area (Å²) in [4.78, 5) is 30.7. The predicted octanol–water partition coefficient (Wildman–Crippen LogP) is 1.40. The maximum Gasteiger partial charge on any atom is 0.343 e. The van der Waals surface area contributed by atoms with Crippen LogP contribution in [0.3, 0.4) is 0 Å². The molecule has 9 heteroatoms. The Morgan fingerprint density at radius 1 is 1.26 bits per heavy atom. The number of carbonyl (C=O) groups is 1. The van der Waals surface area contributed by atoms with E-state index in [0.717, 1.165) is 24.2 Å². The van der Waals surface area contributed by atoms with E-state index in [9.17, 15) is 9.59 Å². The summed E-state index contributed by atoms with van der Waals surface area (Å²) in [5.41, 5.74) is 1.29. The van der Waals surface area contributed by atoms with E-state index in [2.05, 4.69) is 25.4 Å². The van der Waals surface area contributed by atoms with Gasteiger partial charge in [0.2, 0.25) is 0 Å². The molecule has 1 aromatic carbocycles. The first-order valence-electron chi connectivity index (χ1n) is 9.07. The minimum atomic E-state index is -0.171. The molecule has 0 radical (unpaired) electrons. The Hall–Kier alpha value is -3.23. The Kier molecular flexibility index (Phi) is 4.57. The quantitative estimate of drug-likeness (QED) is 0.724. The van der Waals surface area contributed by atoms with Crippen molar-refractivity contribution < 1.29 is 4.79 Å². The first kappa shape index (κ1) is 17.2. The van der Waals surface area contributed by atoms with Crippen LogP contribution in [0.2, 0.25) is 0 Å². The van der Waals surface area contributed by atoms with E-state index in [1.807, 2.05) is 36.1 Å². The van der Waals surface area contributed by atoms with Crippen molar-refractivity contribution in [2.75, 3.05) is 13.1 Å². The van der Waals surface area contributed by atoms with E-state index in [1.165, 1.54) is 6.33 Å². The number of piperidine rings is 1. The number of aromatic nitrogens is 6. The lowest BCUT2D eigenvalue weighted by Crippen LogP contribution is -2.38. The van der Waals surface area contributed by atoms with Crippen molar-refractivity contribution in [1.82, 2.24) is 34.8 Å². The summed E-state index contributed by atoms with van der Waals surface area (Å²) in [7, 11) is 0. The number of hydrogen-bond donors (Lipinski definition) is 2. The van der Waals surface area contributed by atoms with Crippen molar-refractivity contribution in [2.45, 2.75) is 32.2 Å². The molecule has 3 aromatic rings. The average Bonchev–Trinajstić information content (AvgIpc) is 3.37. The summed E-state index contributed by atoms with van der Waals surface area (Å²) in [6.07, 6.45) is 3.02. The molecule has 9 nitrogen and oxygen atoms in total. The molecule has 140 valence electrons. The fourth-order valence-electron chi connectivity index (χ4n) is 3.61. The fraction of sp³-hybridized carbons (Fsp3) is 0.389. The van der Waals surface area contributed by atoms with Crippen LogP contribution in [0.25, 0.3) is 11.4 Å². The monoisotopic (exact) mass is 367 g/mol. The normalized spacial score (nSPS) is 15.2. The van der Waals surface area contributed by atoms with Gasteiger partial charge in [-0.05, 0) is 31.9 Å². The fourth-order valence-corrected chi connectivity index (χ4v) is 3.61. The molecular weight excluding hydrogens is 346 g/mol. The van der Waals surface area contributed by atoms with Crippen LogP contribution in [-0.4, -0.2) is 53.8 Å². The van der Waals surface area contributed by atoms with Crippen LogP contribution >= 0.6 is 0 Å². The molecule has 3 heterocycles. The Morgan fingerprint density at radius 2 is 2.07 bits per heavy atom. The molecule has 4 rings (SSSR count). The predicted molar refractivity (Wildman–Crippen MR) is 98.2 cm³/mol. The van der Waals surface area contributed by atoms with Gasteiger partial charge in [0.1, 0.15) is 12.2 Å². The number of benzene rings is 1. The van der Waals surface area contributed by atoms with Gasteiger partial charge < -0.3 is 4.90 Å². The Bertz CT molecular complexity index is 981. The van der Waals surface area contributed by atoms with Gasteiger partial charge in [0.25, 0.3) is 5.91 Å². The highest BCUT2D eigenvalue weighted by molar-refractivity contribution is 5.95. The molecule has 0 atom stereocenters. The van der Waals surface area contributed by atoms with Crippen molar-refractivity contribution >= 4 is 5.91 Å². The van der Waals surface area contributed by atoms with Crippen LogP contribution in [0.15, 0.2) is 35.4 Å². The Morgan fingerprint density at radius 3 is 2.78 bits per heavy atom. The summed E-state index contributed by atoms with van der Waals surface area (Å²) in [5, 5.41) is 13.4. The first-order chi connectivity index (χ1) is 13.2. The zero-order valence-electron chi connectivity index (χ0n) is 15.1. The third-order valence-electron chi connectivity index (χ3n) is 5.05. The molecule has 0 saturated carbocycles. The first-order valence-corrected chi connectivity index (χ1v) is 9.07. The molecular formula is C18H21N7O2. The number of likely N-dealkylation sites (tertiary alicyclic amines) is 1. The zero-order chi connectivity index (χ0) is 18.8. The van der Waals surface area contributed by atoms with Crippen LogP contribution < -0.4 is 5.69 Å². The SMILES string of the molecule is CCn1c(C2CCN(C(=O)c3cccc(-c4ncn[nH]4)c3)CC2)n[nH]c1=O. The number of H-pyrrole nitrogens is 2. The highest BCUT2D eigenvalue weighted by Crippen LogP contribution is 2.27. The second kappa shape index (κ2) is 7.18. The molecule has 0 bridgehead atoms. The van der Waals surface area contributed by atoms with Crippen LogP contribution in [-0.2, 0) is 6.54 Å². The summed E-state index contributed by atoms with van der Waals surface area (Å²) in [6.45, 7) is 3.81. The van der Waals surface area contributed by atoms with E-state index < -0.39 is 0 Å². The molecule has 1 amide bonds. The van der Waals surface area contributed by atoms with E-state index in [0.29, 0.717) is 31.0 Å². The van der Waals surface area contributed by atoms with Crippen molar-refractivity contribution in [3.8, 4) is 11.4 Å². The smallest absolute Gasteiger partial charge is 0.339 e. The highest BCUT2D eigenvalue weighted by atomic mass is 16.2. The standard InChI is InChI=1S/C18H21N7O2/c1-2-25-16(22-23-18(25)27)12-6-8-24(9-7-12)17(26)14-5-3-4-13(10-14)15-19-11-20-21-15/h3-5,10-12H,2,6-9H2,1H3,(H,23,27)(H,19,20,21). The van der Waals surface area contributed by atoms with Gasteiger partial charge in [-0.25, -0.2) is 14.9 Å². The minimum Gasteiger partial charge on any atom is -0.339 e. The molecule has 0 unspecified atom stereocenters. The van der Waals surface area contributed by atoms with Gasteiger partial charge in [0.05, 0.1) is 0 Å². The summed E-state index contributed by atoms with van der Waals surface area (Å²) in [6, 6.07) is 7.39. The van der Waals surface area contributed by atoms with E-state index in [4.69, 9.17) is 0 Å². The number of nitrogens with zero attached hydrogens (tertiary/aromatic N) is 5. The van der Waals surface area contributed by atoms with Crippen molar-refractivity contribution in [3.63, 3.8) is 0 Å². The Balaban J connectivity index is 1.46. The number of nitrogens with one attached hydrogen (secondary N) is 2. The van der Waals surface area contributed by atoms with Gasteiger partial charge >= 0.3 is 5.69 Å².